The molecular weight excluding hydrogens is 245 g/mol. The molecule has 0 fully saturated rings. The number of anilines is 1. The summed E-state index contributed by atoms with van der Waals surface area (Å²) in [5.74, 6) is 0.982. The van der Waals surface area contributed by atoms with E-state index in [4.69, 9.17) is 14.9 Å². The average molecular weight is 257 g/mol. The quantitative estimate of drug-likeness (QED) is 0.727. The largest absolute Gasteiger partial charge is 0.486 e. The molecule has 19 heavy (non-hydrogen) atoms. The van der Waals surface area contributed by atoms with E-state index in [2.05, 4.69) is 0 Å². The number of furan rings is 1. The lowest BCUT2D eigenvalue weighted by Gasteiger charge is -2.03. The first-order chi connectivity index (χ1) is 9.22. The van der Waals surface area contributed by atoms with Crippen LogP contribution in [-0.2, 0) is 6.61 Å². The van der Waals surface area contributed by atoms with Gasteiger partial charge in [0.2, 0.25) is 0 Å². The van der Waals surface area contributed by atoms with Crippen molar-refractivity contribution in [2.24, 2.45) is 0 Å². The third-order valence-corrected chi connectivity index (χ3v) is 2.84. The molecule has 96 valence electrons. The van der Waals surface area contributed by atoms with E-state index < -0.39 is 0 Å². The summed E-state index contributed by atoms with van der Waals surface area (Å²) >= 11 is 0. The van der Waals surface area contributed by atoms with Crippen LogP contribution in [0.2, 0.25) is 0 Å². The number of fused-ring (bicyclic) bond motifs is 1. The van der Waals surface area contributed by atoms with E-state index in [-0.39, 0.29) is 12.4 Å². The van der Waals surface area contributed by atoms with Gasteiger partial charge in [-0.2, -0.15) is 0 Å². The van der Waals surface area contributed by atoms with Crippen LogP contribution in [-0.4, -0.2) is 0 Å². The van der Waals surface area contributed by atoms with Crippen molar-refractivity contribution in [1.82, 2.24) is 0 Å². The minimum Gasteiger partial charge on any atom is -0.486 e. The standard InChI is InChI=1S/C15H12FNO2/c16-10-4-6-11(7-5-10)18-9-12-8-13-14(17)2-1-3-15(13)19-12/h1-8H,9,17H2. The van der Waals surface area contributed by atoms with Gasteiger partial charge < -0.3 is 14.9 Å². The Morgan fingerprint density at radius 3 is 2.63 bits per heavy atom. The molecule has 0 aliphatic rings. The Labute approximate surface area is 109 Å². The predicted molar refractivity (Wildman–Crippen MR) is 71.4 cm³/mol. The van der Waals surface area contributed by atoms with Crippen LogP contribution in [0.1, 0.15) is 5.76 Å². The number of halogens is 1. The highest BCUT2D eigenvalue weighted by Crippen LogP contribution is 2.25. The Morgan fingerprint density at radius 1 is 1.11 bits per heavy atom. The first-order valence-electron chi connectivity index (χ1n) is 5.87. The van der Waals surface area contributed by atoms with Crippen LogP contribution < -0.4 is 10.5 Å². The van der Waals surface area contributed by atoms with E-state index in [9.17, 15) is 4.39 Å². The van der Waals surface area contributed by atoms with Crippen LogP contribution in [0.25, 0.3) is 11.0 Å². The highest BCUT2D eigenvalue weighted by Gasteiger charge is 2.06. The molecule has 0 saturated carbocycles. The Hall–Kier alpha value is -2.49. The molecule has 0 radical (unpaired) electrons. The maximum atomic E-state index is 12.7. The Morgan fingerprint density at radius 2 is 1.89 bits per heavy atom. The molecule has 3 nitrogen and oxygen atoms in total. The second kappa shape index (κ2) is 4.65. The molecule has 2 aromatic carbocycles. The molecule has 0 bridgehead atoms. The molecule has 0 saturated heterocycles. The van der Waals surface area contributed by atoms with Gasteiger partial charge in [-0.15, -0.1) is 0 Å². The average Bonchev–Trinajstić information content (AvgIpc) is 2.83. The van der Waals surface area contributed by atoms with Gasteiger partial charge in [-0.25, -0.2) is 4.39 Å². The van der Waals surface area contributed by atoms with Crippen molar-refractivity contribution in [2.75, 3.05) is 5.73 Å². The number of benzene rings is 2. The summed E-state index contributed by atoms with van der Waals surface area (Å²) in [5.41, 5.74) is 7.26. The van der Waals surface area contributed by atoms with Crippen LogP contribution >= 0.6 is 0 Å². The summed E-state index contributed by atoms with van der Waals surface area (Å²) in [6.45, 7) is 0.278. The van der Waals surface area contributed by atoms with Crippen molar-refractivity contribution < 1.29 is 13.5 Å². The summed E-state index contributed by atoms with van der Waals surface area (Å²) in [6, 6.07) is 13.2. The zero-order chi connectivity index (χ0) is 13.2. The number of hydrogen-bond acceptors (Lipinski definition) is 3. The summed E-state index contributed by atoms with van der Waals surface area (Å²) in [4.78, 5) is 0. The third-order valence-electron chi connectivity index (χ3n) is 2.84. The van der Waals surface area contributed by atoms with Crippen LogP contribution in [0.3, 0.4) is 0 Å². The molecule has 0 atom stereocenters. The molecule has 1 heterocycles. The van der Waals surface area contributed by atoms with Gasteiger partial charge in [-0.3, -0.25) is 0 Å². The Bertz CT molecular complexity index is 704. The van der Waals surface area contributed by atoms with Gasteiger partial charge in [0.1, 0.15) is 29.5 Å². The van der Waals surface area contributed by atoms with Crippen LogP contribution in [0, 0.1) is 5.82 Å². The lowest BCUT2D eigenvalue weighted by Crippen LogP contribution is -1.93. The second-order valence-corrected chi connectivity index (χ2v) is 4.21. The van der Waals surface area contributed by atoms with Crippen molar-refractivity contribution in [2.45, 2.75) is 6.61 Å². The number of hydrogen-bond donors (Lipinski definition) is 1. The number of rotatable bonds is 3. The van der Waals surface area contributed by atoms with Crippen LogP contribution in [0.15, 0.2) is 52.9 Å². The third kappa shape index (κ3) is 2.38. The maximum Gasteiger partial charge on any atom is 0.146 e. The Balaban J connectivity index is 1.78. The van der Waals surface area contributed by atoms with Crippen molar-refractivity contribution in [3.05, 3.63) is 60.1 Å². The molecule has 0 unspecified atom stereocenters. The zero-order valence-electron chi connectivity index (χ0n) is 10.1. The molecule has 4 heteroatoms. The van der Waals surface area contributed by atoms with Crippen molar-refractivity contribution in [1.29, 1.82) is 0 Å². The Kier molecular flexibility index (Phi) is 2.83. The zero-order valence-corrected chi connectivity index (χ0v) is 10.1. The summed E-state index contributed by atoms with van der Waals surface area (Å²) in [6.07, 6.45) is 0. The van der Waals surface area contributed by atoms with Crippen molar-refractivity contribution in [3.63, 3.8) is 0 Å². The molecule has 2 N–H and O–H groups in total. The lowest BCUT2D eigenvalue weighted by molar-refractivity contribution is 0.274. The topological polar surface area (TPSA) is 48.4 Å². The monoisotopic (exact) mass is 257 g/mol. The van der Waals surface area contributed by atoms with Crippen molar-refractivity contribution >= 4 is 16.7 Å². The highest BCUT2D eigenvalue weighted by atomic mass is 19.1. The van der Waals surface area contributed by atoms with E-state index in [0.29, 0.717) is 17.2 Å². The predicted octanol–water partition coefficient (Wildman–Crippen LogP) is 3.73. The molecule has 0 aliphatic carbocycles. The van der Waals surface area contributed by atoms with E-state index >= 15 is 0 Å². The summed E-state index contributed by atoms with van der Waals surface area (Å²) in [7, 11) is 0. The summed E-state index contributed by atoms with van der Waals surface area (Å²) in [5, 5.41) is 0.875. The first-order valence-corrected chi connectivity index (χ1v) is 5.87. The highest BCUT2D eigenvalue weighted by molar-refractivity contribution is 5.89. The molecule has 3 aromatic rings. The fraction of sp³-hybridized carbons (Fsp3) is 0.0667. The molecule has 0 aliphatic heterocycles. The molecule has 3 rings (SSSR count). The van der Waals surface area contributed by atoms with Gasteiger partial charge >= 0.3 is 0 Å². The maximum absolute atomic E-state index is 12.7. The lowest BCUT2D eigenvalue weighted by atomic mass is 10.2. The van der Waals surface area contributed by atoms with Crippen molar-refractivity contribution in [3.8, 4) is 5.75 Å². The van der Waals surface area contributed by atoms with Gasteiger partial charge in [0, 0.05) is 11.1 Å². The van der Waals surface area contributed by atoms with Gasteiger partial charge in [0.05, 0.1) is 0 Å². The fourth-order valence-corrected chi connectivity index (χ4v) is 1.89. The smallest absolute Gasteiger partial charge is 0.146 e. The van der Waals surface area contributed by atoms with E-state index in [1.807, 2.05) is 24.3 Å². The minimum absolute atomic E-state index is 0.278. The van der Waals surface area contributed by atoms with Gasteiger partial charge in [0.15, 0.2) is 0 Å². The molecular formula is C15H12FNO2. The molecule has 1 aromatic heterocycles. The van der Waals surface area contributed by atoms with Gasteiger partial charge in [0.25, 0.3) is 0 Å². The molecule has 0 amide bonds. The minimum atomic E-state index is -0.288. The van der Waals surface area contributed by atoms with E-state index in [1.165, 1.54) is 12.1 Å². The normalized spacial score (nSPS) is 10.8. The SMILES string of the molecule is Nc1cccc2oc(COc3ccc(F)cc3)cc12. The number of nitrogen functional groups attached to an aromatic ring is 1. The number of nitrogens with two attached hydrogens (primary N) is 1. The number of ether oxygens (including phenoxy) is 1. The van der Waals surface area contributed by atoms with Crippen LogP contribution in [0.4, 0.5) is 10.1 Å². The first kappa shape index (κ1) is 11.6. The summed E-state index contributed by atoms with van der Waals surface area (Å²) < 4.78 is 23.9. The fourth-order valence-electron chi connectivity index (χ4n) is 1.89. The van der Waals surface area contributed by atoms with E-state index in [0.717, 1.165) is 11.0 Å². The molecule has 0 spiro atoms. The van der Waals surface area contributed by atoms with Gasteiger partial charge in [-0.05, 0) is 42.5 Å². The van der Waals surface area contributed by atoms with E-state index in [1.54, 1.807) is 12.1 Å². The van der Waals surface area contributed by atoms with Gasteiger partial charge in [-0.1, -0.05) is 6.07 Å². The van der Waals surface area contributed by atoms with Crippen LogP contribution in [0.5, 0.6) is 5.75 Å². The second-order valence-electron chi connectivity index (χ2n) is 4.21.